The summed E-state index contributed by atoms with van der Waals surface area (Å²) in [5, 5.41) is 11.5. The van der Waals surface area contributed by atoms with Crippen molar-refractivity contribution in [2.45, 2.75) is 6.61 Å². The molecule has 0 saturated carbocycles. The Bertz CT molecular complexity index is 587. The second-order valence-electron chi connectivity index (χ2n) is 4.13. The van der Waals surface area contributed by atoms with Crippen LogP contribution in [0, 0.1) is 5.82 Å². The van der Waals surface area contributed by atoms with Gasteiger partial charge in [-0.3, -0.25) is 4.79 Å². The van der Waals surface area contributed by atoms with Gasteiger partial charge in [-0.25, -0.2) is 4.39 Å². The van der Waals surface area contributed by atoms with Crippen LogP contribution in [0.4, 0.5) is 10.1 Å². The molecule has 2 rings (SSSR count). The molecule has 0 aliphatic carbocycles. The Morgan fingerprint density at radius 1 is 1.20 bits per heavy atom. The van der Waals surface area contributed by atoms with Crippen molar-refractivity contribution in [2.75, 3.05) is 11.9 Å². The van der Waals surface area contributed by atoms with Gasteiger partial charge in [0.05, 0.1) is 6.61 Å². The predicted molar refractivity (Wildman–Crippen MR) is 72.9 cm³/mol. The number of aliphatic hydroxyl groups excluding tert-OH is 1. The van der Waals surface area contributed by atoms with E-state index in [1.165, 1.54) is 18.2 Å². The van der Waals surface area contributed by atoms with Gasteiger partial charge < -0.3 is 15.2 Å². The van der Waals surface area contributed by atoms with Crippen molar-refractivity contribution < 1.29 is 19.0 Å². The van der Waals surface area contributed by atoms with E-state index in [1.807, 2.05) is 6.07 Å². The molecule has 2 aromatic carbocycles. The summed E-state index contributed by atoms with van der Waals surface area (Å²) in [7, 11) is 0. The van der Waals surface area contributed by atoms with Gasteiger partial charge in [-0.1, -0.05) is 24.3 Å². The van der Waals surface area contributed by atoms with Gasteiger partial charge in [-0.2, -0.15) is 0 Å². The van der Waals surface area contributed by atoms with Gasteiger partial charge in [0.2, 0.25) is 0 Å². The fourth-order valence-electron chi connectivity index (χ4n) is 1.62. The molecule has 0 heterocycles. The smallest absolute Gasteiger partial charge is 0.262 e. The summed E-state index contributed by atoms with van der Waals surface area (Å²) in [6, 6.07) is 13.0. The molecule has 104 valence electrons. The lowest BCUT2D eigenvalue weighted by Gasteiger charge is -2.08. The number of amides is 1. The Morgan fingerprint density at radius 2 is 1.95 bits per heavy atom. The van der Waals surface area contributed by atoms with Crippen LogP contribution in [0.5, 0.6) is 5.75 Å². The van der Waals surface area contributed by atoms with E-state index in [-0.39, 0.29) is 24.9 Å². The molecular formula is C15H14FNO3. The third-order valence-corrected chi connectivity index (χ3v) is 2.60. The SMILES string of the molecule is O=C(COc1ccc(CO)cc1F)Nc1ccccc1. The third kappa shape index (κ3) is 3.80. The van der Waals surface area contributed by atoms with E-state index >= 15 is 0 Å². The standard InChI is InChI=1S/C15H14FNO3/c16-13-8-11(9-18)6-7-14(13)20-10-15(19)17-12-4-2-1-3-5-12/h1-8,18H,9-10H2,(H,17,19). The van der Waals surface area contributed by atoms with Gasteiger partial charge >= 0.3 is 0 Å². The van der Waals surface area contributed by atoms with E-state index in [0.717, 1.165) is 0 Å². The summed E-state index contributed by atoms with van der Waals surface area (Å²) in [6.45, 7) is -0.532. The molecule has 0 aliphatic rings. The summed E-state index contributed by atoms with van der Waals surface area (Å²) in [5.74, 6) is -1.00. The van der Waals surface area contributed by atoms with Gasteiger partial charge in [0.1, 0.15) is 0 Å². The highest BCUT2D eigenvalue weighted by Gasteiger charge is 2.08. The van der Waals surface area contributed by atoms with E-state index in [4.69, 9.17) is 9.84 Å². The number of hydrogen-bond donors (Lipinski definition) is 2. The Kier molecular flexibility index (Phi) is 4.68. The molecule has 20 heavy (non-hydrogen) atoms. The van der Waals surface area contributed by atoms with Crippen LogP contribution >= 0.6 is 0 Å². The number of benzene rings is 2. The minimum Gasteiger partial charge on any atom is -0.481 e. The maximum absolute atomic E-state index is 13.5. The first-order chi connectivity index (χ1) is 9.69. The first-order valence-electron chi connectivity index (χ1n) is 6.06. The largest absolute Gasteiger partial charge is 0.481 e. The molecule has 0 fully saturated rings. The van der Waals surface area contributed by atoms with Crippen LogP contribution in [0.2, 0.25) is 0 Å². The number of aliphatic hydroxyl groups is 1. The van der Waals surface area contributed by atoms with Gasteiger partial charge in [0.15, 0.2) is 18.2 Å². The quantitative estimate of drug-likeness (QED) is 0.880. The highest BCUT2D eigenvalue weighted by Crippen LogP contribution is 2.18. The number of hydrogen-bond acceptors (Lipinski definition) is 3. The third-order valence-electron chi connectivity index (χ3n) is 2.60. The van der Waals surface area contributed by atoms with Crippen molar-refractivity contribution in [2.24, 2.45) is 0 Å². The molecule has 4 nitrogen and oxygen atoms in total. The minimum atomic E-state index is -0.607. The van der Waals surface area contributed by atoms with Crippen LogP contribution in [0.25, 0.3) is 0 Å². The molecule has 0 spiro atoms. The highest BCUT2D eigenvalue weighted by molar-refractivity contribution is 5.91. The molecule has 2 N–H and O–H groups in total. The Morgan fingerprint density at radius 3 is 2.60 bits per heavy atom. The van der Waals surface area contributed by atoms with Crippen molar-refractivity contribution in [3.05, 3.63) is 59.9 Å². The summed E-state index contributed by atoms with van der Waals surface area (Å²) < 4.78 is 18.6. The number of para-hydroxylation sites is 1. The van der Waals surface area contributed by atoms with Crippen molar-refractivity contribution in [1.82, 2.24) is 0 Å². The monoisotopic (exact) mass is 275 g/mol. The number of rotatable bonds is 5. The second-order valence-corrected chi connectivity index (χ2v) is 4.13. The van der Waals surface area contributed by atoms with E-state index < -0.39 is 5.82 Å². The summed E-state index contributed by atoms with van der Waals surface area (Å²) in [5.41, 5.74) is 1.10. The lowest BCUT2D eigenvalue weighted by molar-refractivity contribution is -0.118. The van der Waals surface area contributed by atoms with Gasteiger partial charge in [-0.15, -0.1) is 0 Å². The van der Waals surface area contributed by atoms with Crippen molar-refractivity contribution in [1.29, 1.82) is 0 Å². The van der Waals surface area contributed by atoms with E-state index in [9.17, 15) is 9.18 Å². The highest BCUT2D eigenvalue weighted by atomic mass is 19.1. The average Bonchev–Trinajstić information content (AvgIpc) is 2.47. The van der Waals surface area contributed by atoms with Crippen LogP contribution in [0.1, 0.15) is 5.56 Å². The molecule has 0 saturated heterocycles. The van der Waals surface area contributed by atoms with Crippen LogP contribution in [0.3, 0.4) is 0 Å². The lowest BCUT2D eigenvalue weighted by Crippen LogP contribution is -2.20. The van der Waals surface area contributed by atoms with Crippen molar-refractivity contribution in [3.63, 3.8) is 0 Å². The molecule has 0 radical (unpaired) electrons. The molecule has 0 aliphatic heterocycles. The Balaban J connectivity index is 1.90. The van der Waals surface area contributed by atoms with Crippen LogP contribution in [-0.2, 0) is 11.4 Å². The fourth-order valence-corrected chi connectivity index (χ4v) is 1.62. The topological polar surface area (TPSA) is 58.6 Å². The summed E-state index contributed by atoms with van der Waals surface area (Å²) >= 11 is 0. The first-order valence-corrected chi connectivity index (χ1v) is 6.06. The van der Waals surface area contributed by atoms with Crippen molar-refractivity contribution in [3.8, 4) is 5.75 Å². The van der Waals surface area contributed by atoms with Crippen LogP contribution in [-0.4, -0.2) is 17.6 Å². The van der Waals surface area contributed by atoms with Gasteiger partial charge in [0.25, 0.3) is 5.91 Å². The molecule has 0 aromatic heterocycles. The summed E-state index contributed by atoms with van der Waals surface area (Å²) in [4.78, 5) is 11.6. The number of nitrogens with one attached hydrogen (secondary N) is 1. The normalized spacial score (nSPS) is 10.1. The van der Waals surface area contributed by atoms with Gasteiger partial charge in [-0.05, 0) is 29.8 Å². The van der Waals surface area contributed by atoms with E-state index in [1.54, 1.807) is 24.3 Å². The lowest BCUT2D eigenvalue weighted by atomic mass is 10.2. The van der Waals surface area contributed by atoms with E-state index in [0.29, 0.717) is 11.3 Å². The number of carbonyl (C=O) groups is 1. The number of halogens is 1. The molecule has 0 bridgehead atoms. The second kappa shape index (κ2) is 6.68. The molecule has 5 heteroatoms. The molecule has 0 atom stereocenters. The zero-order chi connectivity index (χ0) is 14.4. The van der Waals surface area contributed by atoms with Crippen LogP contribution in [0.15, 0.2) is 48.5 Å². The molecule has 0 unspecified atom stereocenters. The number of carbonyl (C=O) groups excluding carboxylic acids is 1. The zero-order valence-corrected chi connectivity index (χ0v) is 10.7. The molecule has 2 aromatic rings. The van der Waals surface area contributed by atoms with Crippen molar-refractivity contribution >= 4 is 11.6 Å². The van der Waals surface area contributed by atoms with Crippen LogP contribution < -0.4 is 10.1 Å². The maximum atomic E-state index is 13.5. The van der Waals surface area contributed by atoms with E-state index in [2.05, 4.69) is 5.32 Å². The predicted octanol–water partition coefficient (Wildman–Crippen LogP) is 2.34. The fraction of sp³-hybridized carbons (Fsp3) is 0.133. The minimum absolute atomic E-state index is 0.0228. The van der Waals surface area contributed by atoms with Gasteiger partial charge in [0, 0.05) is 5.69 Å². The molecule has 1 amide bonds. The molecular weight excluding hydrogens is 261 g/mol. The maximum Gasteiger partial charge on any atom is 0.262 e. The Labute approximate surface area is 115 Å². The summed E-state index contributed by atoms with van der Waals surface area (Å²) in [6.07, 6.45) is 0. The zero-order valence-electron chi connectivity index (χ0n) is 10.7. The average molecular weight is 275 g/mol. The Hall–Kier alpha value is -2.40. The number of ether oxygens (including phenoxy) is 1. The number of anilines is 1. The first kappa shape index (κ1) is 14.0.